The van der Waals surface area contributed by atoms with Crippen molar-refractivity contribution in [2.75, 3.05) is 5.32 Å². The number of nitrogens with zero attached hydrogens (tertiary/aromatic N) is 3. The Hall–Kier alpha value is -1.39. The zero-order valence-electron chi connectivity index (χ0n) is 7.48. The van der Waals surface area contributed by atoms with Crippen LogP contribution in [-0.4, -0.2) is 15.0 Å². The van der Waals surface area contributed by atoms with Crippen LogP contribution in [0.15, 0.2) is 30.9 Å². The van der Waals surface area contributed by atoms with Crippen LogP contribution in [0.5, 0.6) is 0 Å². The van der Waals surface area contributed by atoms with Crippen molar-refractivity contribution in [3.05, 3.63) is 40.9 Å². The summed E-state index contributed by atoms with van der Waals surface area (Å²) in [6.07, 6.45) is 2.79. The molecule has 1 aromatic heterocycles. The van der Waals surface area contributed by atoms with E-state index in [4.69, 9.17) is 23.2 Å². The van der Waals surface area contributed by atoms with Gasteiger partial charge in [-0.15, -0.1) is 0 Å². The Balaban J connectivity index is 2.29. The first-order valence-corrected chi connectivity index (χ1v) is 4.86. The fraction of sp³-hybridized carbons (Fsp3) is 0. The molecule has 0 aliphatic carbocycles. The van der Waals surface area contributed by atoms with Crippen LogP contribution in [0.3, 0.4) is 0 Å². The van der Waals surface area contributed by atoms with Gasteiger partial charge in [0.15, 0.2) is 0 Å². The molecule has 0 unspecified atom stereocenters. The van der Waals surface area contributed by atoms with Gasteiger partial charge in [0, 0.05) is 0 Å². The van der Waals surface area contributed by atoms with E-state index in [1.165, 1.54) is 12.7 Å². The highest BCUT2D eigenvalue weighted by Gasteiger charge is 2.04. The average Bonchev–Trinajstić information content (AvgIpc) is 2.26. The largest absolute Gasteiger partial charge is 0.323 e. The Bertz CT molecular complexity index is 461. The lowest BCUT2D eigenvalue weighted by Gasteiger charge is -2.06. The number of benzene rings is 1. The molecule has 1 aromatic carbocycles. The van der Waals surface area contributed by atoms with Crippen LogP contribution in [0.4, 0.5) is 11.6 Å². The van der Waals surface area contributed by atoms with E-state index >= 15 is 0 Å². The number of halogens is 2. The summed E-state index contributed by atoms with van der Waals surface area (Å²) in [6.45, 7) is 0. The lowest BCUT2D eigenvalue weighted by Crippen LogP contribution is -1.97. The second-order valence-electron chi connectivity index (χ2n) is 2.69. The number of anilines is 2. The van der Waals surface area contributed by atoms with Crippen LogP contribution in [0.2, 0.25) is 10.0 Å². The second-order valence-corrected chi connectivity index (χ2v) is 3.47. The topological polar surface area (TPSA) is 50.7 Å². The third kappa shape index (κ3) is 2.34. The van der Waals surface area contributed by atoms with Gasteiger partial charge in [-0.1, -0.05) is 29.3 Å². The van der Waals surface area contributed by atoms with E-state index in [0.717, 1.165) is 0 Å². The van der Waals surface area contributed by atoms with Crippen molar-refractivity contribution in [3.8, 4) is 0 Å². The van der Waals surface area contributed by atoms with Crippen molar-refractivity contribution in [1.82, 2.24) is 15.0 Å². The molecule has 2 rings (SSSR count). The molecule has 0 atom stereocenters. The van der Waals surface area contributed by atoms with E-state index in [9.17, 15) is 0 Å². The standard InChI is InChI=1S/C9H6Cl2N4/c10-6-2-1-3-7(8(6)11)15-9-13-4-12-5-14-9/h1-5H,(H,12,13,14,15). The van der Waals surface area contributed by atoms with Gasteiger partial charge in [0.1, 0.15) is 12.7 Å². The van der Waals surface area contributed by atoms with Gasteiger partial charge in [-0.25, -0.2) is 15.0 Å². The van der Waals surface area contributed by atoms with Gasteiger partial charge >= 0.3 is 0 Å². The van der Waals surface area contributed by atoms with Crippen LogP contribution in [0.25, 0.3) is 0 Å². The summed E-state index contributed by atoms with van der Waals surface area (Å²) >= 11 is 11.8. The molecule has 0 fully saturated rings. The third-order valence-electron chi connectivity index (χ3n) is 1.69. The van der Waals surface area contributed by atoms with E-state index in [1.807, 2.05) is 0 Å². The highest BCUT2D eigenvalue weighted by molar-refractivity contribution is 6.43. The second kappa shape index (κ2) is 4.42. The number of rotatable bonds is 2. The molecule has 15 heavy (non-hydrogen) atoms. The summed E-state index contributed by atoms with van der Waals surface area (Å²) in [4.78, 5) is 11.5. The lowest BCUT2D eigenvalue weighted by molar-refractivity contribution is 1.05. The number of hydrogen-bond acceptors (Lipinski definition) is 4. The average molecular weight is 241 g/mol. The summed E-state index contributed by atoms with van der Waals surface area (Å²) in [5, 5.41) is 3.86. The van der Waals surface area contributed by atoms with Crippen molar-refractivity contribution in [2.24, 2.45) is 0 Å². The highest BCUT2D eigenvalue weighted by atomic mass is 35.5. The van der Waals surface area contributed by atoms with Crippen molar-refractivity contribution >= 4 is 34.8 Å². The highest BCUT2D eigenvalue weighted by Crippen LogP contribution is 2.30. The van der Waals surface area contributed by atoms with Crippen LogP contribution in [-0.2, 0) is 0 Å². The molecule has 6 heteroatoms. The molecule has 1 heterocycles. The first kappa shape index (κ1) is 10.1. The summed E-state index contributed by atoms with van der Waals surface area (Å²) < 4.78 is 0. The van der Waals surface area contributed by atoms with E-state index in [0.29, 0.717) is 21.7 Å². The van der Waals surface area contributed by atoms with E-state index in [1.54, 1.807) is 18.2 Å². The normalized spacial score (nSPS) is 10.0. The predicted molar refractivity (Wildman–Crippen MR) is 59.6 cm³/mol. The molecule has 0 bridgehead atoms. The van der Waals surface area contributed by atoms with Gasteiger partial charge in [0.05, 0.1) is 15.7 Å². The van der Waals surface area contributed by atoms with Crippen molar-refractivity contribution in [2.45, 2.75) is 0 Å². The van der Waals surface area contributed by atoms with Gasteiger partial charge < -0.3 is 5.32 Å². The first-order chi connectivity index (χ1) is 7.27. The smallest absolute Gasteiger partial charge is 0.230 e. The predicted octanol–water partition coefficient (Wildman–Crippen LogP) is 2.92. The van der Waals surface area contributed by atoms with Gasteiger partial charge in [-0.05, 0) is 12.1 Å². The van der Waals surface area contributed by atoms with Gasteiger partial charge in [-0.2, -0.15) is 0 Å². The summed E-state index contributed by atoms with van der Waals surface area (Å²) in [5.74, 6) is 0.425. The molecule has 0 radical (unpaired) electrons. The van der Waals surface area contributed by atoms with Crippen molar-refractivity contribution in [3.63, 3.8) is 0 Å². The molecule has 0 spiro atoms. The molecule has 0 amide bonds. The summed E-state index contributed by atoms with van der Waals surface area (Å²) in [7, 11) is 0. The maximum absolute atomic E-state index is 5.98. The molecule has 0 saturated carbocycles. The molecule has 76 valence electrons. The fourth-order valence-electron chi connectivity index (χ4n) is 1.02. The maximum Gasteiger partial charge on any atom is 0.230 e. The number of hydrogen-bond donors (Lipinski definition) is 1. The number of aromatic nitrogens is 3. The molecule has 0 saturated heterocycles. The first-order valence-electron chi connectivity index (χ1n) is 4.10. The Kier molecular flexibility index (Phi) is 2.99. The maximum atomic E-state index is 5.98. The minimum Gasteiger partial charge on any atom is -0.323 e. The van der Waals surface area contributed by atoms with Gasteiger partial charge in [0.25, 0.3) is 0 Å². The zero-order valence-corrected chi connectivity index (χ0v) is 9.00. The van der Waals surface area contributed by atoms with E-state index < -0.39 is 0 Å². The summed E-state index contributed by atoms with van der Waals surface area (Å²) in [5.41, 5.74) is 0.662. The monoisotopic (exact) mass is 240 g/mol. The Labute approximate surface area is 96.3 Å². The SMILES string of the molecule is Clc1cccc(Nc2ncncn2)c1Cl. The van der Waals surface area contributed by atoms with E-state index in [2.05, 4.69) is 20.3 Å². The lowest BCUT2D eigenvalue weighted by atomic mass is 10.3. The zero-order chi connectivity index (χ0) is 10.7. The molecular formula is C9H6Cl2N4. The molecule has 1 N–H and O–H groups in total. The molecule has 0 aliphatic heterocycles. The third-order valence-corrected chi connectivity index (χ3v) is 2.51. The number of nitrogens with one attached hydrogen (secondary N) is 1. The summed E-state index contributed by atoms with van der Waals surface area (Å²) in [6, 6.07) is 5.29. The van der Waals surface area contributed by atoms with E-state index in [-0.39, 0.29) is 0 Å². The molecule has 4 nitrogen and oxygen atoms in total. The van der Waals surface area contributed by atoms with Crippen molar-refractivity contribution in [1.29, 1.82) is 0 Å². The van der Waals surface area contributed by atoms with Crippen LogP contribution < -0.4 is 5.32 Å². The quantitative estimate of drug-likeness (QED) is 0.878. The van der Waals surface area contributed by atoms with Crippen LogP contribution in [0.1, 0.15) is 0 Å². The molecule has 2 aromatic rings. The van der Waals surface area contributed by atoms with Gasteiger partial charge in [-0.3, -0.25) is 0 Å². The minimum atomic E-state index is 0.425. The van der Waals surface area contributed by atoms with Crippen LogP contribution in [0, 0.1) is 0 Å². The molecular weight excluding hydrogens is 235 g/mol. The van der Waals surface area contributed by atoms with Crippen LogP contribution >= 0.6 is 23.2 Å². The Morgan fingerprint density at radius 2 is 1.80 bits per heavy atom. The van der Waals surface area contributed by atoms with Gasteiger partial charge in [0.2, 0.25) is 5.95 Å². The Morgan fingerprint density at radius 1 is 1.07 bits per heavy atom. The fourth-order valence-corrected chi connectivity index (χ4v) is 1.37. The van der Waals surface area contributed by atoms with Crippen molar-refractivity contribution < 1.29 is 0 Å². The minimum absolute atomic E-state index is 0.425. The molecule has 0 aliphatic rings. The Morgan fingerprint density at radius 3 is 2.53 bits per heavy atom.